The number of alkyl carbamates (subject to hydrolysis) is 2. The van der Waals surface area contributed by atoms with Gasteiger partial charge in [-0.3, -0.25) is 0 Å². The van der Waals surface area contributed by atoms with Crippen molar-refractivity contribution in [2.45, 2.75) is 51.6 Å². The molecular formula is C21H32N2O8. The second kappa shape index (κ2) is 12.0. The van der Waals surface area contributed by atoms with Gasteiger partial charge in [-0.25, -0.2) is 19.2 Å². The van der Waals surface area contributed by atoms with Gasteiger partial charge in [0.15, 0.2) is 0 Å². The molecule has 2 atom stereocenters. The molecule has 0 heterocycles. The van der Waals surface area contributed by atoms with Crippen molar-refractivity contribution in [1.29, 1.82) is 0 Å². The van der Waals surface area contributed by atoms with E-state index in [4.69, 9.17) is 18.9 Å². The first-order valence-corrected chi connectivity index (χ1v) is 9.95. The Kier molecular flexibility index (Phi) is 10.0. The Morgan fingerprint density at radius 3 is 1.84 bits per heavy atom. The first-order valence-electron chi connectivity index (χ1n) is 9.95. The fourth-order valence-corrected chi connectivity index (χ4v) is 3.84. The molecule has 1 rings (SSSR count). The molecule has 1 fully saturated rings. The Bertz CT molecular complexity index is 691. The maximum atomic E-state index is 12.2. The molecule has 0 aromatic heterocycles. The van der Waals surface area contributed by atoms with Crippen molar-refractivity contribution in [3.8, 4) is 0 Å². The van der Waals surface area contributed by atoms with Gasteiger partial charge in [0.2, 0.25) is 0 Å². The highest BCUT2D eigenvalue weighted by Crippen LogP contribution is 2.41. The molecule has 10 heteroatoms. The third kappa shape index (κ3) is 10.5. The monoisotopic (exact) mass is 440 g/mol. The summed E-state index contributed by atoms with van der Waals surface area (Å²) in [6, 6.07) is -0.245. The van der Waals surface area contributed by atoms with Gasteiger partial charge in [0, 0.05) is 23.7 Å². The highest BCUT2D eigenvalue weighted by Gasteiger charge is 2.43. The molecule has 0 bridgehead atoms. The molecule has 0 spiro atoms. The molecule has 31 heavy (non-hydrogen) atoms. The van der Waals surface area contributed by atoms with Crippen molar-refractivity contribution < 1.29 is 38.1 Å². The van der Waals surface area contributed by atoms with Crippen LogP contribution in [0.2, 0.25) is 0 Å². The van der Waals surface area contributed by atoms with Crippen LogP contribution in [0.3, 0.4) is 0 Å². The van der Waals surface area contributed by atoms with Gasteiger partial charge in [0.1, 0.15) is 26.4 Å². The molecule has 0 aromatic carbocycles. The first kappa shape index (κ1) is 26.0. The molecule has 1 aliphatic carbocycles. The SMILES string of the molecule is C=CC(=O)OCCOC(=O)NC1CC(C)(C)CC(C)(NC(=O)OCCOC(=O)C=C)C1. The van der Waals surface area contributed by atoms with E-state index >= 15 is 0 Å². The van der Waals surface area contributed by atoms with Crippen LogP contribution in [0.25, 0.3) is 0 Å². The normalized spacial score (nSPS) is 21.7. The molecule has 2 N–H and O–H groups in total. The minimum Gasteiger partial charge on any atom is -0.459 e. The average Bonchev–Trinajstić information content (AvgIpc) is 2.66. The van der Waals surface area contributed by atoms with E-state index in [0.717, 1.165) is 12.2 Å². The third-order valence-electron chi connectivity index (χ3n) is 4.55. The Labute approximate surface area is 182 Å². The number of carbonyl (C=O) groups excluding carboxylic acids is 4. The van der Waals surface area contributed by atoms with Crippen LogP contribution in [-0.4, -0.2) is 62.1 Å². The summed E-state index contributed by atoms with van der Waals surface area (Å²) in [6.45, 7) is 12.2. The van der Waals surface area contributed by atoms with Crippen LogP contribution in [0.15, 0.2) is 25.3 Å². The Morgan fingerprint density at radius 2 is 1.32 bits per heavy atom. The van der Waals surface area contributed by atoms with Crippen LogP contribution >= 0.6 is 0 Å². The van der Waals surface area contributed by atoms with Gasteiger partial charge in [0.25, 0.3) is 0 Å². The number of hydrogen-bond donors (Lipinski definition) is 2. The van der Waals surface area contributed by atoms with Crippen molar-refractivity contribution >= 4 is 24.1 Å². The molecule has 2 unspecified atom stereocenters. The Balaban J connectivity index is 2.50. The van der Waals surface area contributed by atoms with Crippen molar-refractivity contribution in [3.05, 3.63) is 25.3 Å². The van der Waals surface area contributed by atoms with Crippen LogP contribution in [0.4, 0.5) is 9.59 Å². The maximum Gasteiger partial charge on any atom is 0.407 e. The summed E-state index contributed by atoms with van der Waals surface area (Å²) in [7, 11) is 0. The molecular weight excluding hydrogens is 408 g/mol. The second-order valence-corrected chi connectivity index (χ2v) is 8.29. The fraction of sp³-hybridized carbons (Fsp3) is 0.619. The molecule has 1 saturated carbocycles. The van der Waals surface area contributed by atoms with E-state index in [9.17, 15) is 19.2 Å². The van der Waals surface area contributed by atoms with Crippen molar-refractivity contribution in [3.63, 3.8) is 0 Å². The highest BCUT2D eigenvalue weighted by molar-refractivity contribution is 5.81. The van der Waals surface area contributed by atoms with Gasteiger partial charge in [-0.15, -0.1) is 0 Å². The lowest BCUT2D eigenvalue weighted by molar-refractivity contribution is -0.139. The minimum atomic E-state index is -0.639. The summed E-state index contributed by atoms with van der Waals surface area (Å²) in [5.74, 6) is -1.18. The van der Waals surface area contributed by atoms with Crippen molar-refractivity contribution in [2.24, 2.45) is 5.41 Å². The predicted octanol–water partition coefficient (Wildman–Crippen LogP) is 2.23. The van der Waals surface area contributed by atoms with Crippen LogP contribution < -0.4 is 10.6 Å². The van der Waals surface area contributed by atoms with E-state index < -0.39 is 29.7 Å². The van der Waals surface area contributed by atoms with Gasteiger partial charge in [-0.1, -0.05) is 27.0 Å². The lowest BCUT2D eigenvalue weighted by Gasteiger charge is -2.46. The van der Waals surface area contributed by atoms with E-state index in [0.29, 0.717) is 19.3 Å². The number of hydrogen-bond acceptors (Lipinski definition) is 8. The van der Waals surface area contributed by atoms with Crippen molar-refractivity contribution in [2.75, 3.05) is 26.4 Å². The van der Waals surface area contributed by atoms with Crippen molar-refractivity contribution in [1.82, 2.24) is 10.6 Å². The molecule has 0 aromatic rings. The summed E-state index contributed by atoms with van der Waals surface area (Å²) in [4.78, 5) is 46.2. The lowest BCUT2D eigenvalue weighted by atomic mass is 9.67. The number of esters is 2. The zero-order valence-corrected chi connectivity index (χ0v) is 18.4. The molecule has 0 radical (unpaired) electrons. The van der Waals surface area contributed by atoms with E-state index in [2.05, 4.69) is 23.8 Å². The zero-order valence-electron chi connectivity index (χ0n) is 18.4. The number of nitrogens with one attached hydrogen (secondary N) is 2. The van der Waals surface area contributed by atoms with E-state index in [-0.39, 0.29) is 37.9 Å². The average molecular weight is 440 g/mol. The summed E-state index contributed by atoms with van der Waals surface area (Å²) in [5.41, 5.74) is -0.800. The number of carbonyl (C=O) groups is 4. The molecule has 0 aliphatic heterocycles. The standard InChI is InChI=1S/C21H32N2O8/c1-6-16(24)28-8-10-30-18(26)22-15-12-20(3,4)14-21(5,13-15)23-19(27)31-11-9-29-17(25)7-2/h6-7,15H,1-2,8-14H2,3-5H3,(H,22,26)(H,23,27). The molecule has 1 aliphatic rings. The van der Waals surface area contributed by atoms with Crippen LogP contribution in [0, 0.1) is 5.41 Å². The van der Waals surface area contributed by atoms with Gasteiger partial charge in [-0.2, -0.15) is 0 Å². The second-order valence-electron chi connectivity index (χ2n) is 8.29. The largest absolute Gasteiger partial charge is 0.459 e. The third-order valence-corrected chi connectivity index (χ3v) is 4.55. The molecule has 2 amide bonds. The van der Waals surface area contributed by atoms with Gasteiger partial charge < -0.3 is 29.6 Å². The zero-order chi connectivity index (χ0) is 23.5. The Hall–Kier alpha value is -3.04. The molecule has 0 saturated heterocycles. The van der Waals surface area contributed by atoms with Gasteiger partial charge in [-0.05, 0) is 31.6 Å². The Morgan fingerprint density at radius 1 is 0.839 bits per heavy atom. The maximum absolute atomic E-state index is 12.2. The van der Waals surface area contributed by atoms with E-state index in [1.807, 2.05) is 20.8 Å². The number of rotatable bonds is 10. The van der Waals surface area contributed by atoms with Crippen LogP contribution in [-0.2, 0) is 28.5 Å². The topological polar surface area (TPSA) is 129 Å². The first-order chi connectivity index (χ1) is 14.5. The van der Waals surface area contributed by atoms with Gasteiger partial charge in [0.05, 0.1) is 0 Å². The minimum absolute atomic E-state index is 0.0678. The smallest absolute Gasteiger partial charge is 0.407 e. The summed E-state index contributed by atoms with van der Waals surface area (Å²) in [5, 5.41) is 5.64. The molecule has 174 valence electrons. The predicted molar refractivity (Wildman–Crippen MR) is 111 cm³/mol. The summed E-state index contributed by atoms with van der Waals surface area (Å²) >= 11 is 0. The number of ether oxygens (including phenoxy) is 4. The van der Waals surface area contributed by atoms with Gasteiger partial charge >= 0.3 is 24.1 Å². The number of amides is 2. The summed E-state index contributed by atoms with van der Waals surface area (Å²) in [6.07, 6.45) is 2.61. The van der Waals surface area contributed by atoms with Crippen LogP contribution in [0.5, 0.6) is 0 Å². The van der Waals surface area contributed by atoms with Crippen LogP contribution in [0.1, 0.15) is 40.0 Å². The van der Waals surface area contributed by atoms with E-state index in [1.54, 1.807) is 0 Å². The highest BCUT2D eigenvalue weighted by atomic mass is 16.6. The quantitative estimate of drug-likeness (QED) is 0.229. The summed E-state index contributed by atoms with van der Waals surface area (Å²) < 4.78 is 19.6. The fourth-order valence-electron chi connectivity index (χ4n) is 3.84. The van der Waals surface area contributed by atoms with E-state index in [1.165, 1.54) is 0 Å². The molecule has 10 nitrogen and oxygen atoms in total. The lowest BCUT2D eigenvalue weighted by Crippen LogP contribution is -2.57.